The highest BCUT2D eigenvalue weighted by molar-refractivity contribution is 5.84. The zero-order chi connectivity index (χ0) is 15.2. The minimum atomic E-state index is -0.374. The molecule has 1 aromatic heterocycles. The Morgan fingerprint density at radius 3 is 2.76 bits per heavy atom. The molecule has 4 heteroatoms. The van der Waals surface area contributed by atoms with E-state index >= 15 is 0 Å². The van der Waals surface area contributed by atoms with Gasteiger partial charge >= 0.3 is 5.97 Å². The van der Waals surface area contributed by atoms with Crippen LogP contribution in [0.25, 0.3) is 0 Å². The predicted molar refractivity (Wildman–Crippen MR) is 79.7 cm³/mol. The highest BCUT2D eigenvalue weighted by Gasteiger charge is 2.34. The van der Waals surface area contributed by atoms with Gasteiger partial charge in [-0.1, -0.05) is 12.7 Å². The van der Waals surface area contributed by atoms with Crippen LogP contribution in [0.4, 0.5) is 0 Å². The Bertz CT molecular complexity index is 592. The summed E-state index contributed by atoms with van der Waals surface area (Å²) in [6.45, 7) is 5.77. The second-order valence-corrected chi connectivity index (χ2v) is 5.00. The number of hydrogen-bond acceptors (Lipinski definition) is 3. The summed E-state index contributed by atoms with van der Waals surface area (Å²) in [6.07, 6.45) is 8.01. The first-order valence-electron chi connectivity index (χ1n) is 7.05. The lowest BCUT2D eigenvalue weighted by Crippen LogP contribution is -2.23. The van der Waals surface area contributed by atoms with E-state index in [4.69, 9.17) is 4.74 Å². The number of ether oxygens (including phenoxy) is 1. The fourth-order valence-electron chi connectivity index (χ4n) is 2.61. The molecule has 0 N–H and O–H groups in total. The summed E-state index contributed by atoms with van der Waals surface area (Å²) >= 11 is 0. The first kappa shape index (κ1) is 15.1. The third kappa shape index (κ3) is 3.61. The van der Waals surface area contributed by atoms with Crippen LogP contribution in [0.15, 0.2) is 54.6 Å². The van der Waals surface area contributed by atoms with Gasteiger partial charge in [0.1, 0.15) is 0 Å². The molecule has 0 aromatic carbocycles. The van der Waals surface area contributed by atoms with E-state index in [2.05, 4.69) is 12.3 Å². The smallest absolute Gasteiger partial charge is 0.330 e. The van der Waals surface area contributed by atoms with Crippen LogP contribution in [0.2, 0.25) is 0 Å². The number of hydrogen-bond donors (Lipinski definition) is 0. The van der Waals surface area contributed by atoms with Crippen molar-refractivity contribution in [1.82, 2.24) is 4.57 Å². The van der Waals surface area contributed by atoms with Gasteiger partial charge in [0.15, 0.2) is 0 Å². The van der Waals surface area contributed by atoms with Gasteiger partial charge in [0.25, 0.3) is 0 Å². The van der Waals surface area contributed by atoms with Crippen molar-refractivity contribution in [2.75, 3.05) is 6.61 Å². The molecule has 1 aromatic rings. The van der Waals surface area contributed by atoms with Gasteiger partial charge in [0.2, 0.25) is 5.91 Å². The molecule has 21 heavy (non-hydrogen) atoms. The van der Waals surface area contributed by atoms with Crippen LogP contribution in [-0.2, 0) is 9.53 Å². The maximum atomic E-state index is 12.5. The van der Waals surface area contributed by atoms with Gasteiger partial charge in [-0.25, -0.2) is 4.79 Å². The molecule has 0 amide bonds. The van der Waals surface area contributed by atoms with Crippen molar-refractivity contribution in [3.63, 3.8) is 0 Å². The van der Waals surface area contributed by atoms with Crippen LogP contribution in [0.3, 0.4) is 0 Å². The zero-order valence-electron chi connectivity index (χ0n) is 12.1. The van der Waals surface area contributed by atoms with E-state index in [1.165, 1.54) is 6.08 Å². The Balaban J connectivity index is 2.15. The van der Waals surface area contributed by atoms with Gasteiger partial charge in [-0.15, -0.1) is 5.73 Å². The maximum absolute atomic E-state index is 12.5. The van der Waals surface area contributed by atoms with Gasteiger partial charge in [0, 0.05) is 24.4 Å². The van der Waals surface area contributed by atoms with Crippen molar-refractivity contribution < 1.29 is 14.3 Å². The Labute approximate surface area is 124 Å². The predicted octanol–water partition coefficient (Wildman–Crippen LogP) is 2.99. The molecule has 1 heterocycles. The number of aromatic nitrogens is 1. The summed E-state index contributed by atoms with van der Waals surface area (Å²) in [5, 5.41) is 0. The van der Waals surface area contributed by atoms with Crippen LogP contribution in [0.1, 0.15) is 24.6 Å². The standard InChI is InChI=1S/C17H19NO3/c1-3-13-11-14(7-8-16(19)21-4-2)15(12-13)17(20)18-9-5-6-10-18/h5-10,14-15H,1,4,11-12H2,2H3/b8-7+/t14-,15-/m0/s1. The van der Waals surface area contributed by atoms with Crippen LogP contribution in [0.5, 0.6) is 0 Å². The molecule has 2 rings (SSSR count). The average Bonchev–Trinajstić information content (AvgIpc) is 3.14. The topological polar surface area (TPSA) is 48.3 Å². The molecule has 1 aliphatic rings. The van der Waals surface area contributed by atoms with E-state index in [0.29, 0.717) is 19.4 Å². The Kier molecular flexibility index (Phi) is 4.96. The van der Waals surface area contributed by atoms with Gasteiger partial charge in [-0.2, -0.15) is 0 Å². The van der Waals surface area contributed by atoms with Crippen molar-refractivity contribution in [2.45, 2.75) is 19.8 Å². The molecule has 0 spiro atoms. The molecular weight excluding hydrogens is 266 g/mol. The van der Waals surface area contributed by atoms with Crippen molar-refractivity contribution in [2.24, 2.45) is 11.8 Å². The second-order valence-electron chi connectivity index (χ2n) is 5.00. The second kappa shape index (κ2) is 6.91. The van der Waals surface area contributed by atoms with Crippen molar-refractivity contribution in [1.29, 1.82) is 0 Å². The third-order valence-electron chi connectivity index (χ3n) is 3.66. The van der Waals surface area contributed by atoms with Gasteiger partial charge < -0.3 is 4.74 Å². The molecule has 4 nitrogen and oxygen atoms in total. The van der Waals surface area contributed by atoms with E-state index in [-0.39, 0.29) is 23.7 Å². The number of carbonyl (C=O) groups is 2. The molecule has 110 valence electrons. The normalized spacial score (nSPS) is 21.5. The fraction of sp³-hybridized carbons (Fsp3) is 0.353. The molecular formula is C17H19NO3. The van der Waals surface area contributed by atoms with E-state index < -0.39 is 0 Å². The van der Waals surface area contributed by atoms with Gasteiger partial charge in [-0.05, 0) is 43.4 Å². The lowest BCUT2D eigenvalue weighted by atomic mass is 9.94. The quantitative estimate of drug-likeness (QED) is 0.485. The summed E-state index contributed by atoms with van der Waals surface area (Å²) in [5.41, 5.74) is 3.92. The van der Waals surface area contributed by atoms with Gasteiger partial charge in [0.05, 0.1) is 6.61 Å². The average molecular weight is 285 g/mol. The molecule has 0 bridgehead atoms. The van der Waals surface area contributed by atoms with E-state index in [1.807, 2.05) is 12.1 Å². The SMILES string of the molecule is C=C=C1C[C@H](C(=O)n2cccc2)[C@@H](/C=C/C(=O)OCC)C1. The van der Waals surface area contributed by atoms with E-state index in [9.17, 15) is 9.59 Å². The summed E-state index contributed by atoms with van der Waals surface area (Å²) in [5.74, 6) is -0.551. The van der Waals surface area contributed by atoms with Gasteiger partial charge in [-0.3, -0.25) is 9.36 Å². The molecule has 1 aliphatic carbocycles. The molecule has 0 unspecified atom stereocenters. The monoisotopic (exact) mass is 285 g/mol. The molecule has 2 atom stereocenters. The minimum absolute atomic E-state index is 0.0199. The minimum Gasteiger partial charge on any atom is -0.463 e. The third-order valence-corrected chi connectivity index (χ3v) is 3.66. The van der Waals surface area contributed by atoms with Crippen LogP contribution < -0.4 is 0 Å². The molecule has 1 saturated carbocycles. The lowest BCUT2D eigenvalue weighted by molar-refractivity contribution is -0.137. The molecule has 0 saturated heterocycles. The molecule has 0 aliphatic heterocycles. The Morgan fingerprint density at radius 2 is 2.14 bits per heavy atom. The summed E-state index contributed by atoms with van der Waals surface area (Å²) in [6, 6.07) is 3.64. The van der Waals surface area contributed by atoms with Crippen molar-refractivity contribution >= 4 is 11.9 Å². The Hall–Kier alpha value is -2.32. The first-order chi connectivity index (χ1) is 10.2. The summed E-state index contributed by atoms with van der Waals surface area (Å²) in [4.78, 5) is 23.9. The number of rotatable bonds is 4. The Morgan fingerprint density at radius 1 is 1.43 bits per heavy atom. The maximum Gasteiger partial charge on any atom is 0.330 e. The zero-order valence-corrected chi connectivity index (χ0v) is 12.1. The molecule has 1 fully saturated rings. The van der Waals surface area contributed by atoms with Crippen molar-refractivity contribution in [3.05, 3.63) is 54.6 Å². The lowest BCUT2D eigenvalue weighted by Gasteiger charge is -2.14. The summed E-state index contributed by atoms with van der Waals surface area (Å²) in [7, 11) is 0. The number of carbonyl (C=O) groups excluding carboxylic acids is 2. The van der Waals surface area contributed by atoms with Crippen LogP contribution in [-0.4, -0.2) is 23.1 Å². The van der Waals surface area contributed by atoms with Crippen LogP contribution >= 0.6 is 0 Å². The number of esters is 1. The number of nitrogens with zero attached hydrogens (tertiary/aromatic N) is 1. The van der Waals surface area contributed by atoms with Crippen LogP contribution in [0, 0.1) is 11.8 Å². The highest BCUT2D eigenvalue weighted by atomic mass is 16.5. The first-order valence-corrected chi connectivity index (χ1v) is 7.05. The fourth-order valence-corrected chi connectivity index (χ4v) is 2.61. The van der Waals surface area contributed by atoms with Crippen molar-refractivity contribution in [3.8, 4) is 0 Å². The highest BCUT2D eigenvalue weighted by Crippen LogP contribution is 2.37. The van der Waals surface area contributed by atoms with E-state index in [1.54, 1.807) is 30.0 Å². The summed E-state index contributed by atoms with van der Waals surface area (Å²) < 4.78 is 6.46. The molecule has 0 radical (unpaired) electrons. The number of allylic oxidation sites excluding steroid dienone is 2. The largest absolute Gasteiger partial charge is 0.463 e. The van der Waals surface area contributed by atoms with E-state index in [0.717, 1.165) is 5.57 Å².